The van der Waals surface area contributed by atoms with Gasteiger partial charge >= 0.3 is 0 Å². The molecule has 1 atom stereocenters. The lowest BCUT2D eigenvalue weighted by Gasteiger charge is -2.14. The average Bonchev–Trinajstić information content (AvgIpc) is 2.26. The highest BCUT2D eigenvalue weighted by Gasteiger charge is 2.09. The second-order valence-corrected chi connectivity index (χ2v) is 3.44. The van der Waals surface area contributed by atoms with Gasteiger partial charge in [0, 0.05) is 12.5 Å². The third-order valence-electron chi connectivity index (χ3n) is 2.42. The van der Waals surface area contributed by atoms with E-state index in [9.17, 15) is 5.11 Å². The van der Waals surface area contributed by atoms with Crippen LogP contribution in [0.25, 0.3) is 0 Å². The smallest absolute Gasteiger partial charge is 0.119 e. The van der Waals surface area contributed by atoms with Crippen LogP contribution in [0, 0.1) is 0 Å². The zero-order valence-corrected chi connectivity index (χ0v) is 8.86. The molecular formula is C12H18O2. The Labute approximate surface area is 85.5 Å². The first-order chi connectivity index (χ1) is 6.81. The van der Waals surface area contributed by atoms with Crippen LogP contribution in [0.15, 0.2) is 24.3 Å². The van der Waals surface area contributed by atoms with Crippen LogP contribution in [0.5, 0.6) is 5.75 Å². The summed E-state index contributed by atoms with van der Waals surface area (Å²) in [6, 6.07) is 7.92. The zero-order valence-electron chi connectivity index (χ0n) is 8.86. The predicted molar refractivity (Wildman–Crippen MR) is 57.7 cm³/mol. The van der Waals surface area contributed by atoms with E-state index >= 15 is 0 Å². The van der Waals surface area contributed by atoms with E-state index in [2.05, 4.69) is 6.92 Å². The van der Waals surface area contributed by atoms with E-state index in [0.29, 0.717) is 0 Å². The Morgan fingerprint density at radius 1 is 1.43 bits per heavy atom. The van der Waals surface area contributed by atoms with Gasteiger partial charge in [-0.15, -0.1) is 0 Å². The van der Waals surface area contributed by atoms with Gasteiger partial charge in [0.2, 0.25) is 0 Å². The molecule has 2 heteroatoms. The highest BCUT2D eigenvalue weighted by molar-refractivity contribution is 5.30. The quantitative estimate of drug-likeness (QED) is 0.780. The van der Waals surface area contributed by atoms with Crippen molar-refractivity contribution in [1.29, 1.82) is 0 Å². The lowest BCUT2D eigenvalue weighted by molar-refractivity contribution is 0.258. The third kappa shape index (κ3) is 2.74. The predicted octanol–water partition coefficient (Wildman–Crippen LogP) is 2.57. The number of methoxy groups -OCH3 is 1. The first kappa shape index (κ1) is 11.1. The summed E-state index contributed by atoms with van der Waals surface area (Å²) in [7, 11) is 1.66. The highest BCUT2D eigenvalue weighted by atomic mass is 16.5. The molecule has 0 saturated carbocycles. The monoisotopic (exact) mass is 194 g/mol. The Bertz CT molecular complexity index is 271. The Morgan fingerprint density at radius 2 is 2.21 bits per heavy atom. The van der Waals surface area contributed by atoms with Crippen LogP contribution in [-0.4, -0.2) is 18.8 Å². The summed E-state index contributed by atoms with van der Waals surface area (Å²) in [5.74, 6) is 1.10. The van der Waals surface area contributed by atoms with Crippen LogP contribution >= 0.6 is 0 Å². The molecule has 0 amide bonds. The summed E-state index contributed by atoms with van der Waals surface area (Å²) in [4.78, 5) is 0. The molecule has 0 spiro atoms. The molecular weight excluding hydrogens is 176 g/mol. The minimum Gasteiger partial charge on any atom is -0.497 e. The fourth-order valence-electron chi connectivity index (χ4n) is 1.61. The van der Waals surface area contributed by atoms with Crippen molar-refractivity contribution in [2.75, 3.05) is 13.7 Å². The minimum absolute atomic E-state index is 0.209. The molecule has 0 aromatic heterocycles. The van der Waals surface area contributed by atoms with E-state index in [0.717, 1.165) is 24.2 Å². The highest BCUT2D eigenvalue weighted by Crippen LogP contribution is 2.24. The molecule has 1 N–H and O–H groups in total. The van der Waals surface area contributed by atoms with Crippen LogP contribution in [0.1, 0.15) is 31.2 Å². The van der Waals surface area contributed by atoms with Gasteiger partial charge < -0.3 is 9.84 Å². The number of ether oxygens (including phenoxy) is 1. The molecule has 0 saturated heterocycles. The Hall–Kier alpha value is -1.02. The van der Waals surface area contributed by atoms with Gasteiger partial charge in [-0.1, -0.05) is 25.5 Å². The maximum atomic E-state index is 9.23. The van der Waals surface area contributed by atoms with E-state index in [-0.39, 0.29) is 12.5 Å². The van der Waals surface area contributed by atoms with Crippen LogP contribution in [0.4, 0.5) is 0 Å². The van der Waals surface area contributed by atoms with Gasteiger partial charge in [0.15, 0.2) is 0 Å². The van der Waals surface area contributed by atoms with Crippen molar-refractivity contribution in [2.24, 2.45) is 0 Å². The standard InChI is InChI=1S/C12H18O2/c1-3-5-11(9-13)10-6-4-7-12(8-10)14-2/h4,6-8,11,13H,3,5,9H2,1-2H3. The molecule has 0 aliphatic rings. The van der Waals surface area contributed by atoms with Crippen molar-refractivity contribution in [3.05, 3.63) is 29.8 Å². The zero-order chi connectivity index (χ0) is 10.4. The minimum atomic E-state index is 0.209. The van der Waals surface area contributed by atoms with E-state index in [1.807, 2.05) is 24.3 Å². The molecule has 2 nitrogen and oxygen atoms in total. The molecule has 0 fully saturated rings. The SMILES string of the molecule is CCCC(CO)c1cccc(OC)c1. The Kier molecular flexibility index (Phi) is 4.47. The van der Waals surface area contributed by atoms with Gasteiger partial charge in [-0.3, -0.25) is 0 Å². The van der Waals surface area contributed by atoms with Gasteiger partial charge in [-0.25, -0.2) is 0 Å². The molecule has 1 aromatic rings. The number of hydrogen-bond donors (Lipinski definition) is 1. The lowest BCUT2D eigenvalue weighted by atomic mass is 9.95. The summed E-state index contributed by atoms with van der Waals surface area (Å²) in [5, 5.41) is 9.23. The normalized spacial score (nSPS) is 12.5. The van der Waals surface area contributed by atoms with Crippen molar-refractivity contribution in [1.82, 2.24) is 0 Å². The molecule has 1 rings (SSSR count). The Morgan fingerprint density at radius 3 is 2.79 bits per heavy atom. The maximum Gasteiger partial charge on any atom is 0.119 e. The van der Waals surface area contributed by atoms with Crippen LogP contribution < -0.4 is 4.74 Å². The number of aliphatic hydroxyl groups is 1. The second kappa shape index (κ2) is 5.66. The van der Waals surface area contributed by atoms with E-state index in [1.165, 1.54) is 0 Å². The van der Waals surface area contributed by atoms with Gasteiger partial charge in [0.1, 0.15) is 5.75 Å². The van der Waals surface area contributed by atoms with Crippen molar-refractivity contribution in [3.63, 3.8) is 0 Å². The number of benzene rings is 1. The molecule has 0 aliphatic carbocycles. The summed E-state index contributed by atoms with van der Waals surface area (Å²) < 4.78 is 5.15. The van der Waals surface area contributed by atoms with Crippen LogP contribution in [0.3, 0.4) is 0 Å². The summed E-state index contributed by atoms with van der Waals surface area (Å²) in [5.41, 5.74) is 1.16. The Balaban J connectivity index is 2.80. The lowest BCUT2D eigenvalue weighted by Crippen LogP contribution is -2.03. The van der Waals surface area contributed by atoms with Crippen molar-refractivity contribution in [2.45, 2.75) is 25.7 Å². The summed E-state index contributed by atoms with van der Waals surface area (Å²) in [6.07, 6.45) is 2.10. The number of aliphatic hydroxyl groups excluding tert-OH is 1. The van der Waals surface area contributed by atoms with Crippen molar-refractivity contribution < 1.29 is 9.84 Å². The number of hydrogen-bond acceptors (Lipinski definition) is 2. The van der Waals surface area contributed by atoms with E-state index in [1.54, 1.807) is 7.11 Å². The van der Waals surface area contributed by atoms with Crippen LogP contribution in [-0.2, 0) is 0 Å². The second-order valence-electron chi connectivity index (χ2n) is 3.44. The third-order valence-corrected chi connectivity index (χ3v) is 2.42. The molecule has 1 unspecified atom stereocenters. The van der Waals surface area contributed by atoms with E-state index in [4.69, 9.17) is 4.74 Å². The van der Waals surface area contributed by atoms with Gasteiger partial charge in [-0.05, 0) is 24.1 Å². The topological polar surface area (TPSA) is 29.5 Å². The van der Waals surface area contributed by atoms with Gasteiger partial charge in [0.25, 0.3) is 0 Å². The van der Waals surface area contributed by atoms with Crippen LogP contribution in [0.2, 0.25) is 0 Å². The van der Waals surface area contributed by atoms with Crippen molar-refractivity contribution in [3.8, 4) is 5.75 Å². The fraction of sp³-hybridized carbons (Fsp3) is 0.500. The molecule has 0 aliphatic heterocycles. The molecule has 0 bridgehead atoms. The fourth-order valence-corrected chi connectivity index (χ4v) is 1.61. The molecule has 78 valence electrons. The average molecular weight is 194 g/mol. The molecule has 0 radical (unpaired) electrons. The largest absolute Gasteiger partial charge is 0.497 e. The van der Waals surface area contributed by atoms with Gasteiger partial charge in [0.05, 0.1) is 7.11 Å². The number of rotatable bonds is 5. The summed E-state index contributed by atoms with van der Waals surface area (Å²) in [6.45, 7) is 2.34. The first-order valence-electron chi connectivity index (χ1n) is 5.06. The molecule has 14 heavy (non-hydrogen) atoms. The summed E-state index contributed by atoms with van der Waals surface area (Å²) >= 11 is 0. The first-order valence-corrected chi connectivity index (χ1v) is 5.06. The van der Waals surface area contributed by atoms with E-state index < -0.39 is 0 Å². The maximum absolute atomic E-state index is 9.23. The molecule has 1 aromatic carbocycles. The van der Waals surface area contributed by atoms with Gasteiger partial charge in [-0.2, -0.15) is 0 Å². The van der Waals surface area contributed by atoms with Crippen molar-refractivity contribution >= 4 is 0 Å². The molecule has 0 heterocycles.